The molecule has 2 aromatic rings. The van der Waals surface area contributed by atoms with Crippen LogP contribution in [0.15, 0.2) is 30.5 Å². The average molecular weight is 559 g/mol. The smallest absolute Gasteiger partial charge is 0.326 e. The molecule has 2 rings (SSSR count). The lowest BCUT2D eigenvalue weighted by atomic mass is 9.97. The Morgan fingerprint density at radius 3 is 2.23 bits per heavy atom. The second-order valence-electron chi connectivity index (χ2n) is 10.9. The lowest BCUT2D eigenvalue weighted by molar-refractivity contribution is -0.144. The van der Waals surface area contributed by atoms with Crippen molar-refractivity contribution in [3.8, 4) is 0 Å². The van der Waals surface area contributed by atoms with Gasteiger partial charge >= 0.3 is 5.97 Å². The molecule has 1 aromatic carbocycles. The van der Waals surface area contributed by atoms with Crippen molar-refractivity contribution in [1.29, 1.82) is 0 Å². The molecule has 0 aliphatic heterocycles. The van der Waals surface area contributed by atoms with Crippen LogP contribution in [0.4, 0.5) is 0 Å². The van der Waals surface area contributed by atoms with Gasteiger partial charge in [0.15, 0.2) is 0 Å². The van der Waals surface area contributed by atoms with Gasteiger partial charge in [0.1, 0.15) is 18.1 Å². The molecule has 0 aliphatic rings. The standard InChI is InChI=1S/C29H46N6O5/c1-5-18(4)25(29(39)40)35-28(38)24(14-17(2)3)34-27(37)23(12-8-9-13-30)33-26(36)21(31)15-19-16-32-22-11-7-6-10-20(19)22/h6-7,10-11,16-18,21,23-25,32H,5,8-9,12-15,30-31H2,1-4H3,(H,33,36)(H,34,37)(H,35,38)(H,39,40). The molecule has 0 radical (unpaired) electrons. The molecule has 0 fully saturated rings. The minimum atomic E-state index is -1.13. The molecule has 11 nitrogen and oxygen atoms in total. The van der Waals surface area contributed by atoms with Crippen LogP contribution in [0.2, 0.25) is 0 Å². The van der Waals surface area contributed by atoms with Gasteiger partial charge in [0.25, 0.3) is 0 Å². The van der Waals surface area contributed by atoms with Gasteiger partial charge in [0, 0.05) is 17.1 Å². The van der Waals surface area contributed by atoms with Gasteiger partial charge in [-0.05, 0) is 62.1 Å². The summed E-state index contributed by atoms with van der Waals surface area (Å²) >= 11 is 0. The Hall–Kier alpha value is -3.44. The fourth-order valence-electron chi connectivity index (χ4n) is 4.58. The van der Waals surface area contributed by atoms with E-state index in [0.717, 1.165) is 16.5 Å². The van der Waals surface area contributed by atoms with Crippen molar-refractivity contribution in [2.45, 2.75) is 90.4 Å². The Kier molecular flexibility index (Phi) is 13.1. The van der Waals surface area contributed by atoms with Gasteiger partial charge in [-0.15, -0.1) is 0 Å². The van der Waals surface area contributed by atoms with Gasteiger partial charge in [-0.25, -0.2) is 4.79 Å². The van der Waals surface area contributed by atoms with E-state index >= 15 is 0 Å². The number of aliphatic carboxylic acids is 1. The maximum atomic E-state index is 13.4. The van der Waals surface area contributed by atoms with Crippen LogP contribution in [0.25, 0.3) is 10.9 Å². The number of carboxylic acid groups (broad SMARTS) is 1. The number of carboxylic acids is 1. The molecule has 0 spiro atoms. The second-order valence-corrected chi connectivity index (χ2v) is 10.9. The first-order chi connectivity index (χ1) is 19.0. The van der Waals surface area contributed by atoms with Crippen LogP contribution in [0.5, 0.6) is 0 Å². The molecular weight excluding hydrogens is 512 g/mol. The van der Waals surface area contributed by atoms with Crippen LogP contribution in [0, 0.1) is 11.8 Å². The summed E-state index contributed by atoms with van der Waals surface area (Å²) in [5.41, 5.74) is 13.7. The topological polar surface area (TPSA) is 192 Å². The Morgan fingerprint density at radius 2 is 1.60 bits per heavy atom. The van der Waals surface area contributed by atoms with Crippen molar-refractivity contribution < 1.29 is 24.3 Å². The van der Waals surface area contributed by atoms with E-state index in [4.69, 9.17) is 11.5 Å². The van der Waals surface area contributed by atoms with Crippen LogP contribution in [-0.4, -0.2) is 64.5 Å². The highest BCUT2D eigenvalue weighted by atomic mass is 16.4. The summed E-state index contributed by atoms with van der Waals surface area (Å²) in [6.45, 7) is 7.84. The van der Waals surface area contributed by atoms with Gasteiger partial charge in [-0.2, -0.15) is 0 Å². The Morgan fingerprint density at radius 1 is 0.950 bits per heavy atom. The fraction of sp³-hybridized carbons (Fsp3) is 0.586. The van der Waals surface area contributed by atoms with E-state index in [0.29, 0.717) is 38.6 Å². The van der Waals surface area contributed by atoms with E-state index in [-0.39, 0.29) is 18.3 Å². The van der Waals surface area contributed by atoms with E-state index < -0.39 is 47.9 Å². The fourth-order valence-corrected chi connectivity index (χ4v) is 4.58. The van der Waals surface area contributed by atoms with Crippen molar-refractivity contribution in [2.75, 3.05) is 6.54 Å². The van der Waals surface area contributed by atoms with E-state index in [1.54, 1.807) is 6.92 Å². The summed E-state index contributed by atoms with van der Waals surface area (Å²) in [5.74, 6) is -2.96. The number of amides is 3. The van der Waals surface area contributed by atoms with Crippen LogP contribution in [0.3, 0.4) is 0 Å². The number of carbonyl (C=O) groups is 4. The summed E-state index contributed by atoms with van der Waals surface area (Å²) in [7, 11) is 0. The van der Waals surface area contributed by atoms with E-state index in [1.807, 2.05) is 51.2 Å². The molecule has 0 saturated heterocycles. The maximum absolute atomic E-state index is 13.4. The normalized spacial score (nSPS) is 15.2. The van der Waals surface area contributed by atoms with Gasteiger partial charge in [-0.1, -0.05) is 52.3 Å². The number of H-pyrrole nitrogens is 1. The zero-order valence-electron chi connectivity index (χ0n) is 24.0. The second kappa shape index (κ2) is 16.0. The highest BCUT2D eigenvalue weighted by Gasteiger charge is 2.32. The maximum Gasteiger partial charge on any atom is 0.326 e. The first-order valence-corrected chi connectivity index (χ1v) is 14.1. The number of rotatable bonds is 17. The molecular formula is C29H46N6O5. The number of benzene rings is 1. The van der Waals surface area contributed by atoms with Crippen molar-refractivity contribution in [3.63, 3.8) is 0 Å². The molecule has 0 aliphatic carbocycles. The number of para-hydroxylation sites is 1. The SMILES string of the molecule is CCC(C)C(NC(=O)C(CC(C)C)NC(=O)C(CCCCN)NC(=O)C(N)Cc1c[nH]c2ccccc12)C(=O)O. The molecule has 222 valence electrons. The molecule has 0 saturated carbocycles. The van der Waals surface area contributed by atoms with Crippen LogP contribution >= 0.6 is 0 Å². The minimum absolute atomic E-state index is 0.0396. The summed E-state index contributed by atoms with van der Waals surface area (Å²) < 4.78 is 0. The van der Waals surface area contributed by atoms with Gasteiger partial charge in [0.2, 0.25) is 17.7 Å². The molecule has 5 atom stereocenters. The molecule has 40 heavy (non-hydrogen) atoms. The number of fused-ring (bicyclic) bond motifs is 1. The van der Waals surface area contributed by atoms with Crippen LogP contribution in [0.1, 0.15) is 65.4 Å². The average Bonchev–Trinajstić information content (AvgIpc) is 3.32. The Labute approximate surface area is 236 Å². The quantitative estimate of drug-likeness (QED) is 0.144. The number of nitrogens with one attached hydrogen (secondary N) is 4. The van der Waals surface area contributed by atoms with E-state index in [2.05, 4.69) is 20.9 Å². The molecule has 5 unspecified atom stereocenters. The number of nitrogens with two attached hydrogens (primary N) is 2. The van der Waals surface area contributed by atoms with E-state index in [1.165, 1.54) is 0 Å². The van der Waals surface area contributed by atoms with Gasteiger partial charge < -0.3 is 37.5 Å². The number of aromatic nitrogens is 1. The molecule has 3 amide bonds. The number of carbonyl (C=O) groups excluding carboxylic acids is 3. The zero-order chi connectivity index (χ0) is 29.8. The molecule has 1 aromatic heterocycles. The molecule has 1 heterocycles. The van der Waals surface area contributed by atoms with Crippen LogP contribution < -0.4 is 27.4 Å². The molecule has 11 heteroatoms. The van der Waals surface area contributed by atoms with Crippen LogP contribution in [-0.2, 0) is 25.6 Å². The lowest BCUT2D eigenvalue weighted by Crippen LogP contribution is -2.58. The number of unbranched alkanes of at least 4 members (excludes halogenated alkanes) is 1. The number of hydrogen-bond donors (Lipinski definition) is 7. The van der Waals surface area contributed by atoms with Crippen molar-refractivity contribution in [1.82, 2.24) is 20.9 Å². The predicted molar refractivity (Wildman–Crippen MR) is 155 cm³/mol. The number of hydrogen-bond acceptors (Lipinski definition) is 6. The summed E-state index contributed by atoms with van der Waals surface area (Å²) in [6.07, 6.45) is 4.52. The third kappa shape index (κ3) is 9.63. The Balaban J connectivity index is 2.15. The molecule has 0 bridgehead atoms. The summed E-state index contributed by atoms with van der Waals surface area (Å²) in [4.78, 5) is 54.5. The molecule has 9 N–H and O–H groups in total. The first kappa shape index (κ1) is 32.8. The Bertz CT molecular complexity index is 1130. The van der Waals surface area contributed by atoms with Crippen molar-refractivity contribution in [3.05, 3.63) is 36.0 Å². The predicted octanol–water partition coefficient (Wildman–Crippen LogP) is 1.80. The van der Waals surface area contributed by atoms with Gasteiger partial charge in [0.05, 0.1) is 6.04 Å². The largest absolute Gasteiger partial charge is 0.480 e. The lowest BCUT2D eigenvalue weighted by Gasteiger charge is -2.27. The summed E-state index contributed by atoms with van der Waals surface area (Å²) in [5, 5.41) is 18.7. The third-order valence-corrected chi connectivity index (χ3v) is 7.15. The first-order valence-electron chi connectivity index (χ1n) is 14.1. The van der Waals surface area contributed by atoms with E-state index in [9.17, 15) is 24.3 Å². The third-order valence-electron chi connectivity index (χ3n) is 7.15. The minimum Gasteiger partial charge on any atom is -0.480 e. The highest BCUT2D eigenvalue weighted by Crippen LogP contribution is 2.19. The van der Waals surface area contributed by atoms with Crippen molar-refractivity contribution in [2.24, 2.45) is 23.3 Å². The number of aromatic amines is 1. The summed E-state index contributed by atoms with van der Waals surface area (Å²) in [6, 6.07) is 3.84. The zero-order valence-corrected chi connectivity index (χ0v) is 24.0. The highest BCUT2D eigenvalue weighted by molar-refractivity contribution is 5.94. The monoisotopic (exact) mass is 558 g/mol. The van der Waals surface area contributed by atoms with Gasteiger partial charge in [-0.3, -0.25) is 14.4 Å². The van der Waals surface area contributed by atoms with Crippen molar-refractivity contribution >= 4 is 34.6 Å².